The number of nitrogens with zero attached hydrogens (tertiary/aromatic N) is 1. The summed E-state index contributed by atoms with van der Waals surface area (Å²) in [6.45, 7) is 4.50. The molecular weight excluding hydrogens is 337 g/mol. The fraction of sp³-hybridized carbons (Fsp3) is 0.462. The molecule has 0 aromatic heterocycles. The van der Waals surface area contributed by atoms with Crippen LogP contribution in [0.25, 0.3) is 0 Å². The number of amides is 1. The molecule has 0 aliphatic carbocycles. The maximum absolute atomic E-state index is 12.1. The molecule has 1 aromatic carbocycles. The second kappa shape index (κ2) is 6.78. The van der Waals surface area contributed by atoms with Crippen molar-refractivity contribution in [3.63, 3.8) is 0 Å². The number of alkyl halides is 1. The van der Waals surface area contributed by atoms with Crippen molar-refractivity contribution in [3.05, 3.63) is 33.8 Å². The Morgan fingerprint density at radius 2 is 1.78 bits per heavy atom. The third-order valence-electron chi connectivity index (χ3n) is 2.54. The van der Waals surface area contributed by atoms with Gasteiger partial charge in [-0.25, -0.2) is 0 Å². The number of benzene rings is 1. The van der Waals surface area contributed by atoms with Crippen molar-refractivity contribution in [2.75, 3.05) is 7.05 Å². The molecule has 0 aliphatic heterocycles. The van der Waals surface area contributed by atoms with Crippen LogP contribution in [-0.2, 0) is 11.3 Å². The summed E-state index contributed by atoms with van der Waals surface area (Å²) in [5.41, 5.74) is 0.923. The lowest BCUT2D eigenvalue weighted by atomic mass is 10.1. The molecule has 0 N–H and O–H groups in total. The van der Waals surface area contributed by atoms with E-state index in [9.17, 15) is 4.79 Å². The van der Waals surface area contributed by atoms with E-state index in [1.165, 1.54) is 0 Å². The zero-order valence-electron chi connectivity index (χ0n) is 10.6. The van der Waals surface area contributed by atoms with E-state index in [1.54, 1.807) is 18.0 Å². The van der Waals surface area contributed by atoms with Gasteiger partial charge in [-0.05, 0) is 29.7 Å². The normalized spacial score (nSPS) is 12.6. The van der Waals surface area contributed by atoms with E-state index in [1.807, 2.05) is 26.0 Å². The van der Waals surface area contributed by atoms with Crippen molar-refractivity contribution >= 4 is 45.0 Å². The average molecular weight is 353 g/mol. The first-order valence-corrected chi connectivity index (χ1v) is 7.32. The van der Waals surface area contributed by atoms with Crippen LogP contribution in [0.1, 0.15) is 19.4 Å². The Balaban J connectivity index is 2.75. The van der Waals surface area contributed by atoms with Gasteiger partial charge in [-0.2, -0.15) is 0 Å². The standard InChI is InChI=1S/C13H16BrCl2NO/c1-8(2)12(14)13(18)17(3)7-9-4-10(15)6-11(16)5-9/h4-6,8,12H,7H2,1-3H3. The maximum atomic E-state index is 12.1. The number of halogens is 3. The van der Waals surface area contributed by atoms with Crippen LogP contribution in [0, 0.1) is 5.92 Å². The van der Waals surface area contributed by atoms with Crippen molar-refractivity contribution in [1.29, 1.82) is 0 Å². The zero-order chi connectivity index (χ0) is 13.9. The number of hydrogen-bond acceptors (Lipinski definition) is 1. The Morgan fingerprint density at radius 1 is 1.28 bits per heavy atom. The molecule has 0 bridgehead atoms. The van der Waals surface area contributed by atoms with Gasteiger partial charge in [-0.3, -0.25) is 4.79 Å². The van der Waals surface area contributed by atoms with Crippen molar-refractivity contribution in [1.82, 2.24) is 4.90 Å². The summed E-state index contributed by atoms with van der Waals surface area (Å²) in [4.78, 5) is 13.6. The second-order valence-corrected chi connectivity index (χ2v) is 6.48. The minimum atomic E-state index is -0.169. The molecule has 0 saturated carbocycles. The first kappa shape index (κ1) is 15.8. The molecule has 1 unspecified atom stereocenters. The fourth-order valence-corrected chi connectivity index (χ4v) is 2.47. The number of carbonyl (C=O) groups is 1. The minimum Gasteiger partial charge on any atom is -0.340 e. The third-order valence-corrected chi connectivity index (χ3v) is 4.42. The number of rotatable bonds is 4. The quantitative estimate of drug-likeness (QED) is 0.736. The van der Waals surface area contributed by atoms with Crippen LogP contribution < -0.4 is 0 Å². The van der Waals surface area contributed by atoms with Crippen LogP contribution >= 0.6 is 39.1 Å². The van der Waals surface area contributed by atoms with E-state index in [2.05, 4.69) is 15.9 Å². The molecule has 1 atom stereocenters. The smallest absolute Gasteiger partial charge is 0.236 e. The largest absolute Gasteiger partial charge is 0.340 e. The molecule has 0 heterocycles. The summed E-state index contributed by atoms with van der Waals surface area (Å²) in [5, 5.41) is 1.16. The molecule has 0 spiro atoms. The van der Waals surface area contributed by atoms with Gasteiger partial charge in [0.15, 0.2) is 0 Å². The molecule has 1 amide bonds. The monoisotopic (exact) mass is 351 g/mol. The highest BCUT2D eigenvalue weighted by atomic mass is 79.9. The predicted molar refractivity (Wildman–Crippen MR) is 80.5 cm³/mol. The second-order valence-electron chi connectivity index (χ2n) is 4.62. The van der Waals surface area contributed by atoms with Gasteiger partial charge in [0.1, 0.15) is 0 Å². The van der Waals surface area contributed by atoms with Crippen molar-refractivity contribution in [2.24, 2.45) is 5.92 Å². The summed E-state index contributed by atoms with van der Waals surface area (Å²) < 4.78 is 0. The molecule has 0 fully saturated rings. The SMILES string of the molecule is CC(C)C(Br)C(=O)N(C)Cc1cc(Cl)cc(Cl)c1. The zero-order valence-corrected chi connectivity index (χ0v) is 13.7. The van der Waals surface area contributed by atoms with Gasteiger partial charge in [0.25, 0.3) is 0 Å². The van der Waals surface area contributed by atoms with Gasteiger partial charge in [0.2, 0.25) is 5.91 Å². The van der Waals surface area contributed by atoms with Crippen molar-refractivity contribution in [3.8, 4) is 0 Å². The van der Waals surface area contributed by atoms with Crippen molar-refractivity contribution in [2.45, 2.75) is 25.2 Å². The van der Waals surface area contributed by atoms with Gasteiger partial charge < -0.3 is 4.90 Å². The highest BCUT2D eigenvalue weighted by molar-refractivity contribution is 9.10. The van der Waals surface area contributed by atoms with Crippen LogP contribution in [0.15, 0.2) is 18.2 Å². The topological polar surface area (TPSA) is 20.3 Å². The van der Waals surface area contributed by atoms with Crippen LogP contribution in [0.2, 0.25) is 10.0 Å². The number of hydrogen-bond donors (Lipinski definition) is 0. The van der Waals surface area contributed by atoms with Gasteiger partial charge in [0.05, 0.1) is 4.83 Å². The Kier molecular flexibility index (Phi) is 5.96. The first-order valence-electron chi connectivity index (χ1n) is 5.65. The van der Waals surface area contributed by atoms with Gasteiger partial charge in [0, 0.05) is 23.6 Å². The van der Waals surface area contributed by atoms with Crippen LogP contribution in [-0.4, -0.2) is 22.7 Å². The Labute approximate surface area is 126 Å². The molecule has 1 rings (SSSR count). The van der Waals surface area contributed by atoms with Crippen LogP contribution in [0.3, 0.4) is 0 Å². The molecule has 2 nitrogen and oxygen atoms in total. The molecule has 5 heteroatoms. The molecule has 0 radical (unpaired) electrons. The summed E-state index contributed by atoms with van der Waals surface area (Å²) in [6, 6.07) is 5.31. The lowest BCUT2D eigenvalue weighted by Gasteiger charge is -2.22. The van der Waals surface area contributed by atoms with Crippen molar-refractivity contribution < 1.29 is 4.79 Å². The summed E-state index contributed by atoms with van der Waals surface area (Å²) >= 11 is 15.3. The molecular formula is C13H16BrCl2NO. The average Bonchev–Trinajstić information content (AvgIpc) is 2.25. The fourth-order valence-electron chi connectivity index (χ4n) is 1.55. The molecule has 18 heavy (non-hydrogen) atoms. The van der Waals surface area contributed by atoms with Gasteiger partial charge >= 0.3 is 0 Å². The predicted octanol–water partition coefficient (Wildman–Crippen LogP) is 4.37. The highest BCUT2D eigenvalue weighted by Crippen LogP contribution is 2.21. The molecule has 0 saturated heterocycles. The van der Waals surface area contributed by atoms with E-state index >= 15 is 0 Å². The van der Waals surface area contributed by atoms with Gasteiger partial charge in [-0.1, -0.05) is 53.0 Å². The Hall–Kier alpha value is -0.250. The van der Waals surface area contributed by atoms with E-state index in [0.717, 1.165) is 5.56 Å². The molecule has 0 aliphatic rings. The minimum absolute atomic E-state index is 0.0566. The van der Waals surface area contributed by atoms with Crippen LogP contribution in [0.5, 0.6) is 0 Å². The summed E-state index contributed by atoms with van der Waals surface area (Å²) in [6.07, 6.45) is 0. The van der Waals surface area contributed by atoms with E-state index in [4.69, 9.17) is 23.2 Å². The highest BCUT2D eigenvalue weighted by Gasteiger charge is 2.22. The Bertz CT molecular complexity index is 417. The van der Waals surface area contributed by atoms with Crippen LogP contribution in [0.4, 0.5) is 0 Å². The summed E-state index contributed by atoms with van der Waals surface area (Å²) in [5.74, 6) is 0.309. The lowest BCUT2D eigenvalue weighted by Crippen LogP contribution is -2.35. The van der Waals surface area contributed by atoms with E-state index in [-0.39, 0.29) is 16.7 Å². The maximum Gasteiger partial charge on any atom is 0.236 e. The Morgan fingerprint density at radius 3 is 2.22 bits per heavy atom. The van der Waals surface area contributed by atoms with Gasteiger partial charge in [-0.15, -0.1) is 0 Å². The van der Waals surface area contributed by atoms with E-state index < -0.39 is 0 Å². The lowest BCUT2D eigenvalue weighted by molar-refractivity contribution is -0.130. The third kappa shape index (κ3) is 4.45. The molecule has 100 valence electrons. The molecule has 1 aromatic rings. The summed E-state index contributed by atoms with van der Waals surface area (Å²) in [7, 11) is 1.77. The number of carbonyl (C=O) groups excluding carboxylic acids is 1. The first-order chi connectivity index (χ1) is 8.31. The van der Waals surface area contributed by atoms with E-state index in [0.29, 0.717) is 16.6 Å².